The molecule has 160 valence electrons. The fourth-order valence-electron chi connectivity index (χ4n) is 4.76. The number of hydrogen-bond acceptors (Lipinski definition) is 6. The Morgan fingerprint density at radius 1 is 1.10 bits per heavy atom. The standard InChI is InChI=1S/C21H34N6OS/c1-15-10-16(2)14-27(13-15)19-11-18(26-7-3-4-8-26)23-20(24-19)25-21(29)22-12-17-6-5-9-28-17/h11,15-17H,3-10,12-14H2,1-2H3,(H2,22,23,24,25,29)/t15-,16-,17-/m1/s1. The van der Waals surface area contributed by atoms with Gasteiger partial charge in [-0.15, -0.1) is 0 Å². The maximum absolute atomic E-state index is 5.66. The van der Waals surface area contributed by atoms with Crippen molar-refractivity contribution in [3.05, 3.63) is 6.07 Å². The molecule has 29 heavy (non-hydrogen) atoms. The van der Waals surface area contributed by atoms with E-state index in [2.05, 4.69) is 40.3 Å². The van der Waals surface area contributed by atoms with Gasteiger partial charge in [-0.25, -0.2) is 0 Å². The number of piperidine rings is 1. The summed E-state index contributed by atoms with van der Waals surface area (Å²) in [4.78, 5) is 14.4. The van der Waals surface area contributed by atoms with Crippen LogP contribution < -0.4 is 20.4 Å². The first kappa shape index (κ1) is 20.6. The minimum absolute atomic E-state index is 0.249. The van der Waals surface area contributed by atoms with Crippen molar-refractivity contribution in [1.82, 2.24) is 15.3 Å². The lowest BCUT2D eigenvalue weighted by atomic mass is 9.92. The minimum atomic E-state index is 0.249. The SMILES string of the molecule is C[C@@H]1C[C@@H](C)CN(c2cc(N3CCCC3)nc(NC(=S)NC[C@H]3CCCO3)n2)C1. The molecule has 3 saturated heterocycles. The van der Waals surface area contributed by atoms with Crippen LogP contribution in [0.2, 0.25) is 0 Å². The number of ether oxygens (including phenoxy) is 1. The van der Waals surface area contributed by atoms with E-state index >= 15 is 0 Å². The third kappa shape index (κ3) is 5.48. The van der Waals surface area contributed by atoms with Crippen molar-refractivity contribution in [3.63, 3.8) is 0 Å². The minimum Gasteiger partial charge on any atom is -0.376 e. The highest BCUT2D eigenvalue weighted by atomic mass is 32.1. The van der Waals surface area contributed by atoms with E-state index in [0.29, 0.717) is 22.9 Å². The smallest absolute Gasteiger partial charge is 0.232 e. The summed E-state index contributed by atoms with van der Waals surface area (Å²) in [6, 6.07) is 2.16. The summed E-state index contributed by atoms with van der Waals surface area (Å²) in [6.07, 6.45) is 6.19. The van der Waals surface area contributed by atoms with Gasteiger partial charge in [-0.1, -0.05) is 13.8 Å². The highest BCUT2D eigenvalue weighted by Gasteiger charge is 2.25. The normalized spacial score (nSPS) is 27.3. The van der Waals surface area contributed by atoms with Crippen LogP contribution in [0.4, 0.5) is 17.6 Å². The molecule has 1 aromatic rings. The van der Waals surface area contributed by atoms with Gasteiger partial charge in [-0.05, 0) is 56.2 Å². The third-order valence-electron chi connectivity index (χ3n) is 6.06. The van der Waals surface area contributed by atoms with Crippen molar-refractivity contribution in [1.29, 1.82) is 0 Å². The van der Waals surface area contributed by atoms with Crippen LogP contribution in [0.5, 0.6) is 0 Å². The summed E-state index contributed by atoms with van der Waals surface area (Å²) in [5, 5.41) is 7.04. The molecule has 0 aromatic carbocycles. The van der Waals surface area contributed by atoms with E-state index in [-0.39, 0.29) is 6.10 Å². The van der Waals surface area contributed by atoms with Crippen LogP contribution in [0.25, 0.3) is 0 Å². The van der Waals surface area contributed by atoms with Crippen molar-refractivity contribution in [2.24, 2.45) is 11.8 Å². The Bertz CT molecular complexity index is 694. The average molecular weight is 419 g/mol. The van der Waals surface area contributed by atoms with Crippen LogP contribution in [0.3, 0.4) is 0 Å². The molecule has 3 aliphatic rings. The number of nitrogens with zero attached hydrogens (tertiary/aromatic N) is 4. The third-order valence-corrected chi connectivity index (χ3v) is 6.31. The van der Waals surface area contributed by atoms with Crippen LogP contribution in [-0.2, 0) is 4.74 Å². The first-order chi connectivity index (χ1) is 14.1. The molecule has 0 aliphatic carbocycles. The van der Waals surface area contributed by atoms with Gasteiger partial charge in [0.15, 0.2) is 5.11 Å². The van der Waals surface area contributed by atoms with E-state index in [4.69, 9.17) is 26.9 Å². The van der Waals surface area contributed by atoms with Gasteiger partial charge in [-0.3, -0.25) is 0 Å². The molecule has 7 nitrogen and oxygen atoms in total. The van der Waals surface area contributed by atoms with E-state index in [1.807, 2.05) is 0 Å². The molecule has 3 fully saturated rings. The molecule has 0 saturated carbocycles. The van der Waals surface area contributed by atoms with Gasteiger partial charge >= 0.3 is 0 Å². The molecular formula is C21H34N6OS. The first-order valence-corrected chi connectivity index (χ1v) is 11.5. The summed E-state index contributed by atoms with van der Waals surface area (Å²) in [5.74, 6) is 3.94. The number of anilines is 3. The Kier molecular flexibility index (Phi) is 6.70. The summed E-state index contributed by atoms with van der Waals surface area (Å²) in [7, 11) is 0. The van der Waals surface area contributed by atoms with Crippen molar-refractivity contribution in [3.8, 4) is 0 Å². The zero-order chi connectivity index (χ0) is 20.2. The lowest BCUT2D eigenvalue weighted by Crippen LogP contribution is -2.40. The van der Waals surface area contributed by atoms with E-state index in [9.17, 15) is 0 Å². The quantitative estimate of drug-likeness (QED) is 0.708. The Morgan fingerprint density at radius 2 is 1.79 bits per heavy atom. The Balaban J connectivity index is 1.48. The second-order valence-corrected chi connectivity index (χ2v) is 9.33. The van der Waals surface area contributed by atoms with E-state index in [1.54, 1.807) is 0 Å². The van der Waals surface area contributed by atoms with Crippen LogP contribution in [0, 0.1) is 11.8 Å². The monoisotopic (exact) mass is 418 g/mol. The molecule has 1 aromatic heterocycles. The van der Waals surface area contributed by atoms with Gasteiger partial charge in [0, 0.05) is 45.4 Å². The van der Waals surface area contributed by atoms with Crippen LogP contribution in [0.1, 0.15) is 46.0 Å². The number of aromatic nitrogens is 2. The predicted molar refractivity (Wildman–Crippen MR) is 122 cm³/mol. The summed E-state index contributed by atoms with van der Waals surface area (Å²) < 4.78 is 5.66. The summed E-state index contributed by atoms with van der Waals surface area (Å²) in [5.41, 5.74) is 0. The molecular weight excluding hydrogens is 384 g/mol. The van der Waals surface area contributed by atoms with E-state index in [0.717, 1.165) is 63.8 Å². The molecule has 0 spiro atoms. The second kappa shape index (κ2) is 9.43. The molecule has 4 rings (SSSR count). The van der Waals surface area contributed by atoms with Crippen molar-refractivity contribution in [2.75, 3.05) is 54.4 Å². The van der Waals surface area contributed by atoms with Gasteiger partial charge in [0.25, 0.3) is 0 Å². The molecule has 0 amide bonds. The molecule has 3 atom stereocenters. The second-order valence-electron chi connectivity index (χ2n) is 8.92. The van der Waals surface area contributed by atoms with Gasteiger partial charge in [0.1, 0.15) is 11.6 Å². The van der Waals surface area contributed by atoms with Crippen LogP contribution in [0.15, 0.2) is 6.07 Å². The Labute approximate surface area is 179 Å². The molecule has 4 heterocycles. The fourth-order valence-corrected chi connectivity index (χ4v) is 4.93. The van der Waals surface area contributed by atoms with Gasteiger partial charge < -0.3 is 25.2 Å². The van der Waals surface area contributed by atoms with Crippen LogP contribution >= 0.6 is 12.2 Å². The maximum Gasteiger partial charge on any atom is 0.232 e. The zero-order valence-corrected chi connectivity index (χ0v) is 18.5. The largest absolute Gasteiger partial charge is 0.376 e. The maximum atomic E-state index is 5.66. The van der Waals surface area contributed by atoms with E-state index < -0.39 is 0 Å². The molecule has 0 radical (unpaired) electrons. The lowest BCUT2D eigenvalue weighted by molar-refractivity contribution is 0.114. The molecule has 3 aliphatic heterocycles. The Hall–Kier alpha value is -1.67. The van der Waals surface area contributed by atoms with Crippen LogP contribution in [-0.4, -0.2) is 60.5 Å². The zero-order valence-electron chi connectivity index (χ0n) is 17.7. The summed E-state index contributed by atoms with van der Waals surface area (Å²) in [6.45, 7) is 10.4. The molecule has 2 N–H and O–H groups in total. The highest BCUT2D eigenvalue weighted by Crippen LogP contribution is 2.29. The van der Waals surface area contributed by atoms with E-state index in [1.165, 1.54) is 19.3 Å². The molecule has 0 bridgehead atoms. The molecule has 0 unspecified atom stereocenters. The number of nitrogens with one attached hydrogen (secondary N) is 2. The summed E-state index contributed by atoms with van der Waals surface area (Å²) >= 11 is 5.50. The van der Waals surface area contributed by atoms with Gasteiger partial charge in [0.2, 0.25) is 5.95 Å². The average Bonchev–Trinajstić information content (AvgIpc) is 3.39. The number of hydrogen-bond donors (Lipinski definition) is 2. The highest BCUT2D eigenvalue weighted by molar-refractivity contribution is 7.80. The van der Waals surface area contributed by atoms with Crippen molar-refractivity contribution < 1.29 is 4.74 Å². The first-order valence-electron chi connectivity index (χ1n) is 11.1. The number of thiocarbonyl (C=S) groups is 1. The predicted octanol–water partition coefficient (Wildman–Crippen LogP) is 3.02. The van der Waals surface area contributed by atoms with Gasteiger partial charge in [0.05, 0.1) is 6.10 Å². The van der Waals surface area contributed by atoms with Crippen molar-refractivity contribution in [2.45, 2.75) is 52.1 Å². The topological polar surface area (TPSA) is 65.5 Å². The van der Waals surface area contributed by atoms with Crippen molar-refractivity contribution >= 4 is 34.9 Å². The number of rotatable bonds is 5. The molecule has 8 heteroatoms. The fraction of sp³-hybridized carbons (Fsp3) is 0.762. The van der Waals surface area contributed by atoms with Gasteiger partial charge in [-0.2, -0.15) is 9.97 Å². The lowest BCUT2D eigenvalue weighted by Gasteiger charge is -2.36. The Morgan fingerprint density at radius 3 is 2.45 bits per heavy atom.